The minimum Gasteiger partial charge on any atom is -0.436 e. The van der Waals surface area contributed by atoms with E-state index in [2.05, 4.69) is 33.0 Å². The van der Waals surface area contributed by atoms with E-state index in [1.807, 2.05) is 0 Å². The molecule has 0 bridgehead atoms. The normalized spacial score (nSPS) is 12.1. The van der Waals surface area contributed by atoms with Crippen LogP contribution in [-0.2, 0) is 5.92 Å². The van der Waals surface area contributed by atoms with E-state index in [0.29, 0.717) is 22.5 Å². The lowest BCUT2D eigenvalue weighted by Crippen LogP contribution is -2.08. The fraction of sp³-hybridized carbons (Fsp3) is 0.158. The van der Waals surface area contributed by atoms with E-state index in [1.54, 1.807) is 43.4 Å². The Morgan fingerprint density at radius 1 is 1.27 bits per heavy atom. The first kappa shape index (κ1) is 17.5. The molecule has 0 amide bonds. The minimum atomic E-state index is -3.01. The molecule has 26 heavy (non-hydrogen) atoms. The number of nitrogens with one attached hydrogen (secondary N) is 1. The van der Waals surface area contributed by atoms with Gasteiger partial charge in [0.1, 0.15) is 5.52 Å². The van der Waals surface area contributed by atoms with E-state index in [1.165, 1.54) is 6.07 Å². The number of benzene rings is 2. The highest BCUT2D eigenvalue weighted by Gasteiger charge is 2.29. The lowest BCUT2D eigenvalue weighted by molar-refractivity contribution is 0.0179. The fourth-order valence-electron chi connectivity index (χ4n) is 2.57. The maximum atomic E-state index is 13.9. The van der Waals surface area contributed by atoms with Gasteiger partial charge in [-0.2, -0.15) is 10.1 Å². The van der Waals surface area contributed by atoms with E-state index in [0.717, 1.165) is 6.92 Å². The van der Waals surface area contributed by atoms with Crippen molar-refractivity contribution < 1.29 is 13.2 Å². The Morgan fingerprint density at radius 3 is 2.73 bits per heavy atom. The van der Waals surface area contributed by atoms with Crippen molar-refractivity contribution >= 4 is 22.8 Å². The van der Waals surface area contributed by atoms with Gasteiger partial charge in [0, 0.05) is 30.7 Å². The first-order chi connectivity index (χ1) is 12.4. The summed E-state index contributed by atoms with van der Waals surface area (Å²) in [6.45, 7) is 4.29. The third-order valence-corrected chi connectivity index (χ3v) is 3.68. The molecule has 2 aromatic carbocycles. The molecular weight excluding hydrogens is 338 g/mol. The summed E-state index contributed by atoms with van der Waals surface area (Å²) in [6.07, 6.45) is 0. The van der Waals surface area contributed by atoms with Crippen LogP contribution in [0.5, 0.6) is 0 Å². The maximum Gasteiger partial charge on any atom is 0.271 e. The molecule has 0 unspecified atom stereocenters. The summed E-state index contributed by atoms with van der Waals surface area (Å²) in [7, 11) is 1.65. The average Bonchev–Trinajstić information content (AvgIpc) is 3.04. The smallest absolute Gasteiger partial charge is 0.271 e. The molecule has 0 aliphatic heterocycles. The molecule has 0 atom stereocenters. The topological polar surface area (TPSA) is 62.8 Å². The lowest BCUT2D eigenvalue weighted by Gasteiger charge is -2.13. The SMILES string of the molecule is C=C=N/C(=N\NC)c1ccc2oc(-c3ccccc3C(C)(F)F)nc2c1. The summed E-state index contributed by atoms with van der Waals surface area (Å²) in [5.74, 6) is -0.0721. The number of oxazole rings is 1. The molecule has 0 spiro atoms. The zero-order chi connectivity index (χ0) is 18.7. The number of hydrogen-bond donors (Lipinski definition) is 1. The molecule has 1 heterocycles. The van der Waals surface area contributed by atoms with Crippen molar-refractivity contribution in [1.29, 1.82) is 0 Å². The van der Waals surface area contributed by atoms with Gasteiger partial charge in [-0.15, -0.1) is 0 Å². The van der Waals surface area contributed by atoms with Crippen molar-refractivity contribution in [3.05, 3.63) is 60.2 Å². The van der Waals surface area contributed by atoms with E-state index in [9.17, 15) is 8.78 Å². The van der Waals surface area contributed by atoms with Crippen molar-refractivity contribution in [1.82, 2.24) is 10.4 Å². The Labute approximate surface area is 148 Å². The highest BCUT2D eigenvalue weighted by molar-refractivity contribution is 6.04. The Hall–Kier alpha value is -3.31. The van der Waals surface area contributed by atoms with Crippen LogP contribution in [0.1, 0.15) is 18.1 Å². The first-order valence-electron chi connectivity index (χ1n) is 7.80. The van der Waals surface area contributed by atoms with Crippen molar-refractivity contribution in [2.24, 2.45) is 10.1 Å². The largest absolute Gasteiger partial charge is 0.436 e. The molecule has 132 valence electrons. The summed E-state index contributed by atoms with van der Waals surface area (Å²) >= 11 is 0. The number of nitrogens with zero attached hydrogens (tertiary/aromatic N) is 3. The molecular formula is C19H16F2N4O. The van der Waals surface area contributed by atoms with Gasteiger partial charge < -0.3 is 9.84 Å². The molecule has 3 aromatic rings. The molecule has 1 N–H and O–H groups in total. The molecule has 7 heteroatoms. The predicted octanol–water partition coefficient (Wildman–Crippen LogP) is 4.34. The third-order valence-electron chi connectivity index (χ3n) is 3.68. The second-order valence-electron chi connectivity index (χ2n) is 5.56. The summed E-state index contributed by atoms with van der Waals surface area (Å²) in [5, 5.41) is 4.04. The van der Waals surface area contributed by atoms with Crippen molar-refractivity contribution in [3.8, 4) is 11.5 Å². The zero-order valence-corrected chi connectivity index (χ0v) is 14.3. The second-order valence-corrected chi connectivity index (χ2v) is 5.56. The van der Waals surface area contributed by atoms with Crippen molar-refractivity contribution in [2.75, 3.05) is 7.05 Å². The molecule has 0 aliphatic rings. The number of alkyl halides is 2. The first-order valence-corrected chi connectivity index (χ1v) is 7.80. The minimum absolute atomic E-state index is 0.133. The van der Waals surface area contributed by atoms with E-state index < -0.39 is 5.92 Å². The van der Waals surface area contributed by atoms with Crippen LogP contribution in [0, 0.1) is 0 Å². The molecule has 3 rings (SSSR count). The molecule has 0 saturated heterocycles. The highest BCUT2D eigenvalue weighted by atomic mass is 19.3. The van der Waals surface area contributed by atoms with Crippen LogP contribution >= 0.6 is 0 Å². The zero-order valence-electron chi connectivity index (χ0n) is 14.3. The number of halogens is 2. The fourth-order valence-corrected chi connectivity index (χ4v) is 2.57. The van der Waals surface area contributed by atoms with Gasteiger partial charge in [0.05, 0.1) is 0 Å². The van der Waals surface area contributed by atoms with Gasteiger partial charge >= 0.3 is 0 Å². The van der Waals surface area contributed by atoms with Gasteiger partial charge in [-0.1, -0.05) is 18.2 Å². The lowest BCUT2D eigenvalue weighted by atomic mass is 10.0. The molecule has 0 aliphatic carbocycles. The van der Waals surface area contributed by atoms with Gasteiger partial charge in [0.25, 0.3) is 5.92 Å². The molecule has 0 radical (unpaired) electrons. The standard InChI is InChI=1S/C19H16F2N4O/c1-4-23-17(25-22-3)12-9-10-16-15(11-12)24-18(26-16)13-7-5-6-8-14(13)19(2,20)21/h5-11,22H,1H2,2-3H3/b25-17-. The Balaban J connectivity index is 2.12. The Bertz CT molecular complexity index is 1030. The molecule has 1 aromatic heterocycles. The Kier molecular flexibility index (Phi) is 4.65. The second kappa shape index (κ2) is 6.90. The van der Waals surface area contributed by atoms with Gasteiger partial charge in [0.2, 0.25) is 5.89 Å². The van der Waals surface area contributed by atoms with Gasteiger partial charge in [0.15, 0.2) is 11.4 Å². The number of rotatable bonds is 4. The number of hydrogen-bond acceptors (Lipinski definition) is 4. The molecule has 0 saturated carbocycles. The van der Waals surface area contributed by atoms with E-state index >= 15 is 0 Å². The number of hydrazone groups is 1. The number of fused-ring (bicyclic) bond motifs is 1. The van der Waals surface area contributed by atoms with Crippen LogP contribution in [0.15, 0.2) is 63.6 Å². The molecule has 5 nitrogen and oxygen atoms in total. The van der Waals surface area contributed by atoms with Gasteiger partial charge in [-0.25, -0.2) is 13.8 Å². The van der Waals surface area contributed by atoms with Gasteiger partial charge in [-0.3, -0.25) is 0 Å². The predicted molar refractivity (Wildman–Crippen MR) is 97.7 cm³/mol. The Morgan fingerprint density at radius 2 is 2.04 bits per heavy atom. The number of aromatic nitrogens is 1. The quantitative estimate of drug-likeness (QED) is 0.431. The third kappa shape index (κ3) is 3.38. The number of amidine groups is 1. The highest BCUT2D eigenvalue weighted by Crippen LogP contribution is 2.36. The average molecular weight is 354 g/mol. The maximum absolute atomic E-state index is 13.9. The summed E-state index contributed by atoms with van der Waals surface area (Å²) in [6, 6.07) is 11.3. The van der Waals surface area contributed by atoms with Crippen molar-refractivity contribution in [3.63, 3.8) is 0 Å². The van der Waals surface area contributed by atoms with Gasteiger partial charge in [-0.05, 0) is 36.7 Å². The van der Waals surface area contributed by atoms with Crippen LogP contribution in [0.2, 0.25) is 0 Å². The monoisotopic (exact) mass is 354 g/mol. The van der Waals surface area contributed by atoms with E-state index in [-0.39, 0.29) is 17.0 Å². The van der Waals surface area contributed by atoms with Crippen molar-refractivity contribution in [2.45, 2.75) is 12.8 Å². The van der Waals surface area contributed by atoms with E-state index in [4.69, 9.17) is 4.42 Å². The van der Waals surface area contributed by atoms with Crippen LogP contribution in [0.4, 0.5) is 8.78 Å². The van der Waals surface area contributed by atoms with Crippen LogP contribution < -0.4 is 5.43 Å². The van der Waals surface area contributed by atoms with Crippen LogP contribution in [0.25, 0.3) is 22.6 Å². The van der Waals surface area contributed by atoms with Crippen LogP contribution in [0.3, 0.4) is 0 Å². The molecule has 0 fully saturated rings. The number of aliphatic imine (C=N–C) groups is 1. The summed E-state index contributed by atoms with van der Waals surface area (Å²) in [5.41, 5.74) is 4.42. The summed E-state index contributed by atoms with van der Waals surface area (Å²) in [4.78, 5) is 8.34. The van der Waals surface area contributed by atoms with Crippen LogP contribution in [-0.4, -0.2) is 23.7 Å². The summed E-state index contributed by atoms with van der Waals surface area (Å²) < 4.78 is 33.4.